The van der Waals surface area contributed by atoms with Gasteiger partial charge in [0.05, 0.1) is 38.7 Å². The Morgan fingerprint density at radius 3 is 2.32 bits per heavy atom. The first-order chi connectivity index (χ1) is 26.4. The molecule has 0 aliphatic carbocycles. The van der Waals surface area contributed by atoms with Crippen molar-refractivity contribution in [3.63, 3.8) is 0 Å². The van der Waals surface area contributed by atoms with Gasteiger partial charge < -0.3 is 61.6 Å². The molecule has 1 unspecified atom stereocenters. The first-order valence-electron chi connectivity index (χ1n) is 16.4. The average molecular weight is 829 g/mol. The number of hydrogen-bond donors (Lipinski definition) is 9. The number of benzene rings is 1. The van der Waals surface area contributed by atoms with Gasteiger partial charge in [-0.05, 0) is 30.2 Å². The van der Waals surface area contributed by atoms with Crippen LogP contribution in [0, 0.1) is 0 Å². The quantitative estimate of drug-likeness (QED) is 0.0556. The fourth-order valence-electron chi connectivity index (χ4n) is 6.08. The molecule has 3 aromatic heterocycles. The molecule has 2 aliphatic rings. The molecule has 1 aromatic carbocycles. The van der Waals surface area contributed by atoms with Gasteiger partial charge in [0.15, 0.2) is 23.9 Å². The highest BCUT2D eigenvalue weighted by molar-refractivity contribution is 7.47. The molecule has 0 bridgehead atoms. The van der Waals surface area contributed by atoms with E-state index >= 15 is 0 Å². The molecule has 0 spiro atoms. The number of ether oxygens (including phenoxy) is 3. The van der Waals surface area contributed by atoms with Gasteiger partial charge in [0.25, 0.3) is 0 Å². The van der Waals surface area contributed by atoms with Crippen LogP contribution in [-0.4, -0.2) is 123 Å². The number of anilines is 2. The molecule has 5 heterocycles. The van der Waals surface area contributed by atoms with Gasteiger partial charge in [0.1, 0.15) is 53.9 Å². The van der Waals surface area contributed by atoms with Crippen LogP contribution >= 0.6 is 15.6 Å². The zero-order chi connectivity index (χ0) is 40.5. The Morgan fingerprint density at radius 2 is 1.64 bits per heavy atom. The summed E-state index contributed by atoms with van der Waals surface area (Å²) >= 11 is 0. The summed E-state index contributed by atoms with van der Waals surface area (Å²) in [7, 11) is -8.96. The number of carbonyl (C=O) groups is 1. The Bertz CT molecular complexity index is 2190. The lowest BCUT2D eigenvalue weighted by Crippen LogP contribution is -2.53. The summed E-state index contributed by atoms with van der Waals surface area (Å²) in [6.07, 6.45) is -7.96. The average Bonchev–Trinajstić information content (AvgIpc) is 3.80. The van der Waals surface area contributed by atoms with Gasteiger partial charge in [0.2, 0.25) is 5.91 Å². The predicted octanol–water partition coefficient (Wildman–Crippen LogP) is -2.56. The van der Waals surface area contributed by atoms with Crippen LogP contribution in [0.2, 0.25) is 0 Å². The first-order valence-corrected chi connectivity index (χ1v) is 19.5. The number of nitrogens with zero attached hydrogens (tertiary/aromatic N) is 6. The van der Waals surface area contributed by atoms with Crippen molar-refractivity contribution in [3.8, 4) is 5.75 Å². The minimum Gasteiger partial charge on any atom is -0.497 e. The maximum Gasteiger partial charge on any atom is 0.472 e. The van der Waals surface area contributed by atoms with Crippen molar-refractivity contribution in [3.05, 3.63) is 65.2 Å². The number of aliphatic hydroxyl groups is 2. The van der Waals surface area contributed by atoms with Gasteiger partial charge in [0, 0.05) is 6.20 Å². The highest BCUT2D eigenvalue weighted by Gasteiger charge is 2.51. The summed E-state index contributed by atoms with van der Waals surface area (Å²) < 4.78 is 58.7. The molecule has 56 heavy (non-hydrogen) atoms. The van der Waals surface area contributed by atoms with Crippen molar-refractivity contribution < 1.29 is 66.6 Å². The summed E-state index contributed by atoms with van der Waals surface area (Å²) in [5, 5.41) is 25.2. The molecule has 304 valence electrons. The number of rotatable bonds is 15. The van der Waals surface area contributed by atoms with Gasteiger partial charge in [-0.2, -0.15) is 4.98 Å². The van der Waals surface area contributed by atoms with E-state index in [1.54, 1.807) is 24.3 Å². The van der Waals surface area contributed by atoms with Gasteiger partial charge in [-0.25, -0.2) is 28.9 Å². The molecular formula is C29H38N10O15P2. The number of aromatic nitrogens is 6. The number of phosphoric ester groups is 2. The van der Waals surface area contributed by atoms with Crippen LogP contribution in [0.1, 0.15) is 18.0 Å². The molecule has 10 atom stereocenters. The summed E-state index contributed by atoms with van der Waals surface area (Å²) in [5.41, 5.74) is 17.7. The van der Waals surface area contributed by atoms with E-state index in [0.29, 0.717) is 11.3 Å². The number of carbonyl (C=O) groups excluding carboxylic acids is 1. The zero-order valence-corrected chi connectivity index (χ0v) is 30.9. The summed E-state index contributed by atoms with van der Waals surface area (Å²) in [5.74, 6) is -0.293. The van der Waals surface area contributed by atoms with Crippen molar-refractivity contribution in [2.45, 2.75) is 61.5 Å². The minimum absolute atomic E-state index is 0.0243. The minimum atomic E-state index is -5.33. The topological polar surface area (TPSA) is 376 Å². The largest absolute Gasteiger partial charge is 0.497 e. The predicted molar refractivity (Wildman–Crippen MR) is 188 cm³/mol. The lowest BCUT2D eigenvalue weighted by molar-refractivity contribution is -0.124. The molecule has 1 amide bonds. The Balaban J connectivity index is 1.21. The lowest BCUT2D eigenvalue weighted by atomic mass is 10.0. The number of methoxy groups -OCH3 is 1. The second-order valence-corrected chi connectivity index (χ2v) is 15.2. The summed E-state index contributed by atoms with van der Waals surface area (Å²) in [6, 6.07) is 5.49. The highest BCUT2D eigenvalue weighted by atomic mass is 31.2. The molecule has 0 saturated carbocycles. The van der Waals surface area contributed by atoms with Crippen LogP contribution in [0.3, 0.4) is 0 Å². The number of amides is 1. The van der Waals surface area contributed by atoms with E-state index in [1.165, 1.54) is 24.1 Å². The third-order valence-corrected chi connectivity index (χ3v) is 10.3. The van der Waals surface area contributed by atoms with Crippen molar-refractivity contribution in [1.82, 2.24) is 34.4 Å². The number of phosphoric acid groups is 2. The van der Waals surface area contributed by atoms with Gasteiger partial charge in [-0.1, -0.05) is 12.1 Å². The smallest absolute Gasteiger partial charge is 0.472 e. The van der Waals surface area contributed by atoms with E-state index in [0.717, 1.165) is 17.1 Å². The molecule has 25 nitrogen and oxygen atoms in total. The molecule has 27 heteroatoms. The lowest BCUT2D eigenvalue weighted by Gasteiger charge is -2.26. The molecule has 6 rings (SSSR count). The second-order valence-electron chi connectivity index (χ2n) is 12.6. The van der Waals surface area contributed by atoms with Gasteiger partial charge in [-0.3, -0.25) is 27.5 Å². The number of nitrogens with one attached hydrogen (secondary N) is 1. The molecule has 2 aliphatic heterocycles. The van der Waals surface area contributed by atoms with Gasteiger partial charge in [-0.15, -0.1) is 0 Å². The zero-order valence-electron chi connectivity index (χ0n) is 29.1. The number of hydrogen-bond acceptors (Lipinski definition) is 19. The maximum absolute atomic E-state index is 13.4. The Morgan fingerprint density at radius 1 is 0.964 bits per heavy atom. The third-order valence-electron chi connectivity index (χ3n) is 8.80. The van der Waals surface area contributed by atoms with Crippen molar-refractivity contribution >= 4 is 44.4 Å². The fraction of sp³-hybridized carbons (Fsp3) is 0.448. The molecule has 0 radical (unpaired) electrons. The van der Waals surface area contributed by atoms with Crippen LogP contribution in [0.15, 0.2) is 54.0 Å². The number of fused-ring (bicyclic) bond motifs is 1. The van der Waals surface area contributed by atoms with E-state index in [2.05, 4.69) is 29.8 Å². The molecule has 4 aromatic rings. The van der Waals surface area contributed by atoms with E-state index in [4.69, 9.17) is 40.5 Å². The first kappa shape index (κ1) is 41.2. The molecule has 2 fully saturated rings. The molecule has 2 saturated heterocycles. The number of nitrogens with two attached hydrogens (primary N) is 3. The van der Waals surface area contributed by atoms with Crippen molar-refractivity contribution in [2.75, 3.05) is 31.8 Å². The normalized spacial score (nSPS) is 26.9. The maximum atomic E-state index is 13.4. The van der Waals surface area contributed by atoms with E-state index in [-0.39, 0.29) is 29.2 Å². The Labute approximate surface area is 315 Å². The van der Waals surface area contributed by atoms with E-state index < -0.39 is 95.5 Å². The summed E-state index contributed by atoms with van der Waals surface area (Å²) in [4.78, 5) is 71.0. The monoisotopic (exact) mass is 828 g/mol. The van der Waals surface area contributed by atoms with E-state index in [9.17, 15) is 43.6 Å². The summed E-state index contributed by atoms with van der Waals surface area (Å²) in [6.45, 7) is -1.85. The van der Waals surface area contributed by atoms with E-state index in [1.807, 2.05) is 0 Å². The van der Waals surface area contributed by atoms with Crippen LogP contribution in [0.4, 0.5) is 11.6 Å². The van der Waals surface area contributed by atoms with Crippen LogP contribution in [-0.2, 0) is 43.4 Å². The third kappa shape index (κ3) is 9.22. The van der Waals surface area contributed by atoms with Crippen molar-refractivity contribution in [2.24, 2.45) is 5.73 Å². The highest BCUT2D eigenvalue weighted by Crippen LogP contribution is 2.50. The standard InChI is InChI=1S/C29H38N10O15P2/c1-49-14-4-2-13(3-5-14)8-15(30)26(42)37-19-16(52-27(21(19)40)39-12-35-20-24(32)33-11-34-25(20)39)9-51-56(47,48)54-23-17(10-50-55(44,45)46)53-28(22(23)41)38-7-6-18(31)36-29(38)43/h2-7,11-12,15-17,19,21-23,27-28,40-41H,8-10,30H2,1H3,(H,37,42)(H,47,48)(H2,31,36,43)(H2,32,33,34)(H2,44,45,46)/t15-,16+,17+,19+,21+,22+,23+,27+,28+/m0/s1. The van der Waals surface area contributed by atoms with Crippen LogP contribution in [0.5, 0.6) is 5.75 Å². The second kappa shape index (κ2) is 16.6. The number of nitrogen functional groups attached to an aromatic ring is 2. The Kier molecular flexibility index (Phi) is 12.2. The van der Waals surface area contributed by atoms with Crippen LogP contribution < -0.4 is 32.9 Å². The molecule has 12 N–H and O–H groups in total. The van der Waals surface area contributed by atoms with Crippen LogP contribution in [0.25, 0.3) is 11.2 Å². The van der Waals surface area contributed by atoms with Crippen molar-refractivity contribution in [1.29, 1.82) is 0 Å². The van der Waals surface area contributed by atoms with Gasteiger partial charge >= 0.3 is 21.3 Å². The fourth-order valence-corrected chi connectivity index (χ4v) is 7.39. The number of aliphatic hydroxyl groups excluding tert-OH is 2. The SMILES string of the molecule is COc1ccc(C[C@H](N)C(=O)N[C@H]2[C@@H](O)[C@H](n3cnc4c(N)ncnc43)O[C@@H]2COP(=O)(O)O[C@H]2[C@@H](O)[C@H](n3ccc(N)nc3=O)O[C@@H]2COP(=O)(O)O)cc1. The molecular weight excluding hydrogens is 790 g/mol. The number of imidazole rings is 1. The Hall–Kier alpha value is -4.46.